The van der Waals surface area contributed by atoms with E-state index in [-0.39, 0.29) is 5.56 Å². The van der Waals surface area contributed by atoms with E-state index < -0.39 is 5.60 Å². The highest BCUT2D eigenvalue weighted by molar-refractivity contribution is 5.57. The van der Waals surface area contributed by atoms with E-state index in [1.807, 2.05) is 37.3 Å². The van der Waals surface area contributed by atoms with Crippen LogP contribution < -0.4 is 15.0 Å². The molecule has 0 aliphatic carbocycles. The van der Waals surface area contributed by atoms with E-state index in [1.54, 1.807) is 63.0 Å². The minimum atomic E-state index is -1.18. The molecule has 0 amide bonds. The van der Waals surface area contributed by atoms with Crippen LogP contribution in [0.4, 0.5) is 0 Å². The van der Waals surface area contributed by atoms with E-state index in [0.29, 0.717) is 40.8 Å². The quantitative estimate of drug-likeness (QED) is 0.432. The highest BCUT2D eigenvalue weighted by Gasteiger charge is 2.20. The van der Waals surface area contributed by atoms with Gasteiger partial charge < -0.3 is 14.6 Å². The zero-order valence-electron chi connectivity index (χ0n) is 20.4. The van der Waals surface area contributed by atoms with Gasteiger partial charge in [0.1, 0.15) is 23.7 Å². The molecular weight excluding hydrogens is 444 g/mol. The number of aromatic nitrogens is 4. The summed E-state index contributed by atoms with van der Waals surface area (Å²) in [6.45, 7) is 7.18. The van der Waals surface area contributed by atoms with Crippen molar-refractivity contribution in [1.82, 2.24) is 19.5 Å². The van der Waals surface area contributed by atoms with E-state index in [0.717, 1.165) is 17.0 Å². The van der Waals surface area contributed by atoms with Gasteiger partial charge in [-0.15, -0.1) is 0 Å². The largest absolute Gasteiger partial charge is 0.497 e. The summed E-state index contributed by atoms with van der Waals surface area (Å²) in [5.74, 6) is 1.58. The number of hydrogen-bond donors (Lipinski definition) is 1. The zero-order chi connectivity index (χ0) is 25.2. The number of aliphatic hydroxyl groups is 1. The lowest BCUT2D eigenvalue weighted by Gasteiger charge is -2.17. The van der Waals surface area contributed by atoms with Crippen LogP contribution in [0.2, 0.25) is 0 Å². The zero-order valence-corrected chi connectivity index (χ0v) is 20.4. The van der Waals surface area contributed by atoms with Crippen LogP contribution in [0.25, 0.3) is 17.1 Å². The van der Waals surface area contributed by atoms with Crippen LogP contribution in [-0.2, 0) is 12.2 Å². The van der Waals surface area contributed by atoms with Crippen molar-refractivity contribution in [3.63, 3.8) is 0 Å². The molecule has 0 saturated heterocycles. The number of benzene rings is 1. The average Bonchev–Trinajstić information content (AvgIpc) is 2.85. The second-order valence-electron chi connectivity index (χ2n) is 8.78. The minimum Gasteiger partial charge on any atom is -0.497 e. The molecule has 0 aliphatic heterocycles. The van der Waals surface area contributed by atoms with Crippen molar-refractivity contribution in [1.29, 1.82) is 0 Å². The van der Waals surface area contributed by atoms with Crippen LogP contribution in [0, 0.1) is 13.8 Å². The van der Waals surface area contributed by atoms with Gasteiger partial charge in [0.15, 0.2) is 5.82 Å². The second-order valence-corrected chi connectivity index (χ2v) is 8.78. The number of pyridine rings is 2. The summed E-state index contributed by atoms with van der Waals surface area (Å²) >= 11 is 0. The first-order chi connectivity index (χ1) is 16.7. The molecule has 0 atom stereocenters. The van der Waals surface area contributed by atoms with Gasteiger partial charge >= 0.3 is 0 Å². The van der Waals surface area contributed by atoms with Gasteiger partial charge in [-0.3, -0.25) is 14.3 Å². The summed E-state index contributed by atoms with van der Waals surface area (Å²) in [6, 6.07) is 14.8. The number of ether oxygens (including phenoxy) is 2. The van der Waals surface area contributed by atoms with Crippen LogP contribution >= 0.6 is 0 Å². The fourth-order valence-electron chi connectivity index (χ4n) is 3.68. The Kier molecular flexibility index (Phi) is 6.66. The third-order valence-electron chi connectivity index (χ3n) is 5.58. The molecule has 0 unspecified atom stereocenters. The Morgan fingerprint density at radius 1 is 1.00 bits per heavy atom. The van der Waals surface area contributed by atoms with E-state index in [2.05, 4.69) is 15.0 Å². The Morgan fingerprint density at radius 2 is 1.77 bits per heavy atom. The van der Waals surface area contributed by atoms with Gasteiger partial charge in [0.25, 0.3) is 5.56 Å². The van der Waals surface area contributed by atoms with Gasteiger partial charge in [-0.25, -0.2) is 9.97 Å². The normalized spacial score (nSPS) is 11.4. The molecule has 0 radical (unpaired) electrons. The molecule has 0 bridgehead atoms. The summed E-state index contributed by atoms with van der Waals surface area (Å²) < 4.78 is 12.9. The van der Waals surface area contributed by atoms with Crippen LogP contribution in [0.5, 0.6) is 11.5 Å². The number of hydrogen-bond acceptors (Lipinski definition) is 7. The number of nitrogens with zero attached hydrogens (tertiary/aromatic N) is 4. The average molecular weight is 473 g/mol. The SMILES string of the molecule is COc1cccc(COc2cc(C)n(-c3ccnc(-c4ccnc(C(C)(C)O)n4)c3)c(=O)c2C)c1. The Morgan fingerprint density at radius 3 is 2.51 bits per heavy atom. The highest BCUT2D eigenvalue weighted by atomic mass is 16.5. The first-order valence-electron chi connectivity index (χ1n) is 11.2. The van der Waals surface area contributed by atoms with Gasteiger partial charge in [-0.05, 0) is 63.6 Å². The number of aryl methyl sites for hydroxylation is 1. The van der Waals surface area contributed by atoms with Gasteiger partial charge in [-0.1, -0.05) is 12.1 Å². The maximum atomic E-state index is 13.3. The third kappa shape index (κ3) is 5.22. The lowest BCUT2D eigenvalue weighted by atomic mass is 10.1. The van der Waals surface area contributed by atoms with E-state index in [4.69, 9.17) is 9.47 Å². The van der Waals surface area contributed by atoms with Crippen LogP contribution in [-0.4, -0.2) is 31.7 Å². The fourth-order valence-corrected chi connectivity index (χ4v) is 3.68. The molecule has 8 heteroatoms. The fraction of sp³-hybridized carbons (Fsp3) is 0.259. The van der Waals surface area contributed by atoms with Crippen molar-refractivity contribution in [2.24, 2.45) is 0 Å². The predicted octanol–water partition coefficient (Wildman–Crippen LogP) is 4.12. The van der Waals surface area contributed by atoms with Gasteiger partial charge in [0.2, 0.25) is 0 Å². The molecule has 4 rings (SSSR count). The van der Waals surface area contributed by atoms with Crippen molar-refractivity contribution in [2.45, 2.75) is 39.9 Å². The monoisotopic (exact) mass is 472 g/mol. The standard InChI is InChI=1S/C27H28N4O4/c1-17-13-24(35-16-19-7-6-8-21(14-19)34-5)18(2)25(32)31(17)20-9-11-28-23(15-20)22-10-12-29-26(30-22)27(3,4)33/h6-15,33H,16H2,1-5H3. The van der Waals surface area contributed by atoms with Crippen LogP contribution in [0.1, 0.15) is 36.5 Å². The predicted molar refractivity (Wildman–Crippen MR) is 133 cm³/mol. The Hall–Kier alpha value is -4.04. The minimum absolute atomic E-state index is 0.178. The topological polar surface area (TPSA) is 99.4 Å². The molecule has 1 N–H and O–H groups in total. The Balaban J connectivity index is 1.66. The smallest absolute Gasteiger partial charge is 0.261 e. The molecule has 35 heavy (non-hydrogen) atoms. The number of rotatable bonds is 7. The Bertz CT molecular complexity index is 1420. The summed E-state index contributed by atoms with van der Waals surface area (Å²) in [6.07, 6.45) is 3.21. The molecule has 0 aliphatic rings. The second kappa shape index (κ2) is 9.68. The third-order valence-corrected chi connectivity index (χ3v) is 5.58. The summed E-state index contributed by atoms with van der Waals surface area (Å²) in [5.41, 5.74) is 2.59. The first-order valence-corrected chi connectivity index (χ1v) is 11.2. The van der Waals surface area contributed by atoms with Gasteiger partial charge in [0.05, 0.1) is 29.7 Å². The summed E-state index contributed by atoms with van der Waals surface area (Å²) in [7, 11) is 1.62. The number of methoxy groups -OCH3 is 1. The molecule has 0 spiro atoms. The molecule has 3 heterocycles. The van der Waals surface area contributed by atoms with E-state index >= 15 is 0 Å². The molecule has 8 nitrogen and oxygen atoms in total. The molecule has 180 valence electrons. The Labute approximate surface area is 203 Å². The molecular formula is C27H28N4O4. The summed E-state index contributed by atoms with van der Waals surface area (Å²) in [4.78, 5) is 26.4. The van der Waals surface area contributed by atoms with Crippen molar-refractivity contribution >= 4 is 0 Å². The van der Waals surface area contributed by atoms with Crippen molar-refractivity contribution in [3.05, 3.63) is 93.9 Å². The maximum absolute atomic E-state index is 13.3. The van der Waals surface area contributed by atoms with E-state index in [9.17, 15) is 9.90 Å². The van der Waals surface area contributed by atoms with E-state index in [1.165, 1.54) is 0 Å². The van der Waals surface area contributed by atoms with Crippen LogP contribution in [0.3, 0.4) is 0 Å². The van der Waals surface area contributed by atoms with Crippen molar-refractivity contribution in [2.75, 3.05) is 7.11 Å². The van der Waals surface area contributed by atoms with Crippen molar-refractivity contribution in [3.8, 4) is 28.6 Å². The maximum Gasteiger partial charge on any atom is 0.261 e. The molecule has 3 aromatic heterocycles. The lowest BCUT2D eigenvalue weighted by Crippen LogP contribution is -2.23. The molecule has 1 aromatic carbocycles. The van der Waals surface area contributed by atoms with Gasteiger partial charge in [-0.2, -0.15) is 0 Å². The molecule has 4 aromatic rings. The van der Waals surface area contributed by atoms with Crippen molar-refractivity contribution < 1.29 is 14.6 Å². The van der Waals surface area contributed by atoms with Crippen LogP contribution in [0.15, 0.2) is 65.7 Å². The molecule has 0 fully saturated rings. The summed E-state index contributed by atoms with van der Waals surface area (Å²) in [5, 5.41) is 10.3. The molecule has 0 saturated carbocycles. The van der Waals surface area contributed by atoms with Gasteiger partial charge in [0, 0.05) is 24.2 Å². The lowest BCUT2D eigenvalue weighted by molar-refractivity contribution is 0.0688. The highest BCUT2D eigenvalue weighted by Crippen LogP contribution is 2.24. The first kappa shape index (κ1) is 24.1.